The zero-order valence-electron chi connectivity index (χ0n) is 10.9. The van der Waals surface area contributed by atoms with Crippen molar-refractivity contribution in [2.45, 2.75) is 6.61 Å². The van der Waals surface area contributed by atoms with Crippen LogP contribution in [0.5, 0.6) is 0 Å². The van der Waals surface area contributed by atoms with Crippen molar-refractivity contribution in [1.82, 2.24) is 15.0 Å². The smallest absolute Gasteiger partial charge is 0.123 e. The molecule has 0 amide bonds. The third kappa shape index (κ3) is 2.53. The van der Waals surface area contributed by atoms with Crippen molar-refractivity contribution in [1.29, 1.82) is 0 Å². The molecule has 0 bridgehead atoms. The highest BCUT2D eigenvalue weighted by molar-refractivity contribution is 5.64. The molecule has 6 heteroatoms. The number of aliphatic hydroxyl groups is 1. The van der Waals surface area contributed by atoms with Crippen molar-refractivity contribution >= 4 is 0 Å². The van der Waals surface area contributed by atoms with E-state index < -0.39 is 0 Å². The van der Waals surface area contributed by atoms with Crippen LogP contribution in [0.3, 0.4) is 0 Å². The summed E-state index contributed by atoms with van der Waals surface area (Å²) in [5, 5.41) is 17.3. The molecule has 0 spiro atoms. The second kappa shape index (κ2) is 5.41. The molecule has 1 aromatic heterocycles. The van der Waals surface area contributed by atoms with Gasteiger partial charge in [-0.2, -0.15) is 0 Å². The molecule has 0 saturated carbocycles. The molecular formula is C15H11F2N3O. The van der Waals surface area contributed by atoms with E-state index in [1.165, 1.54) is 28.9 Å². The number of benzene rings is 2. The summed E-state index contributed by atoms with van der Waals surface area (Å²) in [6.07, 6.45) is 0. The number of aromatic nitrogens is 3. The first-order valence-corrected chi connectivity index (χ1v) is 6.26. The first-order chi connectivity index (χ1) is 10.2. The molecule has 0 aliphatic carbocycles. The van der Waals surface area contributed by atoms with Crippen LogP contribution in [0.25, 0.3) is 16.9 Å². The lowest BCUT2D eigenvalue weighted by molar-refractivity contribution is 0.277. The Labute approximate surface area is 119 Å². The van der Waals surface area contributed by atoms with Gasteiger partial charge in [0.2, 0.25) is 0 Å². The van der Waals surface area contributed by atoms with E-state index in [1.807, 2.05) is 0 Å². The monoisotopic (exact) mass is 287 g/mol. The molecule has 21 heavy (non-hydrogen) atoms. The van der Waals surface area contributed by atoms with Gasteiger partial charge in [-0.3, -0.25) is 0 Å². The first-order valence-electron chi connectivity index (χ1n) is 6.26. The molecule has 0 fully saturated rings. The van der Waals surface area contributed by atoms with Gasteiger partial charge in [0.25, 0.3) is 0 Å². The summed E-state index contributed by atoms with van der Waals surface area (Å²) >= 11 is 0. The summed E-state index contributed by atoms with van der Waals surface area (Å²) in [7, 11) is 0. The maximum atomic E-state index is 13.0. The Morgan fingerprint density at radius 3 is 2.05 bits per heavy atom. The van der Waals surface area contributed by atoms with E-state index >= 15 is 0 Å². The molecule has 0 aliphatic rings. The van der Waals surface area contributed by atoms with Gasteiger partial charge in [-0.25, -0.2) is 13.5 Å². The summed E-state index contributed by atoms with van der Waals surface area (Å²) in [6.45, 7) is -0.298. The van der Waals surface area contributed by atoms with Crippen LogP contribution < -0.4 is 0 Å². The lowest BCUT2D eigenvalue weighted by Gasteiger charge is -2.08. The Morgan fingerprint density at radius 2 is 1.48 bits per heavy atom. The molecule has 0 aliphatic heterocycles. The Balaban J connectivity index is 2.16. The molecule has 0 unspecified atom stereocenters. The molecule has 0 saturated heterocycles. The van der Waals surface area contributed by atoms with Crippen LogP contribution in [0.1, 0.15) is 5.69 Å². The van der Waals surface area contributed by atoms with Crippen molar-refractivity contribution in [2.24, 2.45) is 0 Å². The van der Waals surface area contributed by atoms with Crippen LogP contribution in [-0.2, 0) is 6.61 Å². The molecule has 3 aromatic rings. The maximum absolute atomic E-state index is 13.0. The van der Waals surface area contributed by atoms with E-state index in [0.717, 1.165) is 0 Å². The van der Waals surface area contributed by atoms with E-state index in [4.69, 9.17) is 0 Å². The Hall–Kier alpha value is -2.60. The Kier molecular flexibility index (Phi) is 3.45. The summed E-state index contributed by atoms with van der Waals surface area (Å²) in [5.41, 5.74) is 2.17. The first kappa shape index (κ1) is 13.4. The fourth-order valence-electron chi connectivity index (χ4n) is 2.08. The highest BCUT2D eigenvalue weighted by Crippen LogP contribution is 2.25. The minimum atomic E-state index is -0.357. The number of halogens is 2. The van der Waals surface area contributed by atoms with Crippen molar-refractivity contribution in [2.75, 3.05) is 0 Å². The normalized spacial score (nSPS) is 10.8. The minimum absolute atomic E-state index is 0.298. The van der Waals surface area contributed by atoms with Gasteiger partial charge in [-0.15, -0.1) is 5.10 Å². The van der Waals surface area contributed by atoms with Gasteiger partial charge in [0.15, 0.2) is 0 Å². The molecule has 0 atom stereocenters. The summed E-state index contributed by atoms with van der Waals surface area (Å²) < 4.78 is 27.5. The molecule has 106 valence electrons. The molecular weight excluding hydrogens is 276 g/mol. The van der Waals surface area contributed by atoms with E-state index in [0.29, 0.717) is 22.6 Å². The molecule has 3 rings (SSSR count). The van der Waals surface area contributed by atoms with Crippen LogP contribution in [0.2, 0.25) is 0 Å². The lowest BCUT2D eigenvalue weighted by Crippen LogP contribution is -2.00. The Morgan fingerprint density at radius 1 is 0.905 bits per heavy atom. The van der Waals surface area contributed by atoms with Gasteiger partial charge in [-0.1, -0.05) is 5.21 Å². The van der Waals surface area contributed by atoms with Crippen LogP contribution in [0.4, 0.5) is 8.78 Å². The van der Waals surface area contributed by atoms with Gasteiger partial charge in [0.05, 0.1) is 12.3 Å². The predicted molar refractivity (Wildman–Crippen MR) is 72.6 cm³/mol. The van der Waals surface area contributed by atoms with Gasteiger partial charge in [0, 0.05) is 5.56 Å². The summed E-state index contributed by atoms with van der Waals surface area (Å²) in [6, 6.07) is 11.5. The average Bonchev–Trinajstić information content (AvgIpc) is 2.93. The molecule has 2 aromatic carbocycles. The van der Waals surface area contributed by atoms with E-state index in [9.17, 15) is 13.9 Å². The number of hydrogen-bond donors (Lipinski definition) is 1. The summed E-state index contributed by atoms with van der Waals surface area (Å²) in [4.78, 5) is 0. The van der Waals surface area contributed by atoms with E-state index in [-0.39, 0.29) is 18.2 Å². The zero-order valence-corrected chi connectivity index (χ0v) is 10.9. The van der Waals surface area contributed by atoms with Crippen molar-refractivity contribution < 1.29 is 13.9 Å². The lowest BCUT2D eigenvalue weighted by atomic mass is 10.1. The van der Waals surface area contributed by atoms with Crippen molar-refractivity contribution in [3.05, 3.63) is 65.9 Å². The summed E-state index contributed by atoms with van der Waals surface area (Å²) in [5.74, 6) is -0.713. The number of aliphatic hydroxyl groups excluding tert-OH is 1. The number of nitrogens with zero attached hydrogens (tertiary/aromatic N) is 3. The zero-order chi connectivity index (χ0) is 14.8. The number of rotatable bonds is 3. The van der Waals surface area contributed by atoms with Crippen molar-refractivity contribution in [3.63, 3.8) is 0 Å². The largest absolute Gasteiger partial charge is 0.390 e. The number of hydrogen-bond acceptors (Lipinski definition) is 3. The Bertz CT molecular complexity index is 752. The van der Waals surface area contributed by atoms with Crippen LogP contribution in [-0.4, -0.2) is 20.1 Å². The van der Waals surface area contributed by atoms with E-state index in [2.05, 4.69) is 10.3 Å². The second-order valence-corrected chi connectivity index (χ2v) is 4.44. The average molecular weight is 287 g/mol. The van der Waals surface area contributed by atoms with Crippen LogP contribution in [0.15, 0.2) is 48.5 Å². The molecule has 1 N–H and O–H groups in total. The molecule has 1 heterocycles. The van der Waals surface area contributed by atoms with E-state index in [1.54, 1.807) is 24.3 Å². The SMILES string of the molecule is OCc1nnn(-c2ccc(F)cc2)c1-c1ccc(F)cc1. The molecule has 0 radical (unpaired) electrons. The fourth-order valence-corrected chi connectivity index (χ4v) is 2.08. The highest BCUT2D eigenvalue weighted by atomic mass is 19.1. The van der Waals surface area contributed by atoms with Gasteiger partial charge in [0.1, 0.15) is 23.0 Å². The maximum Gasteiger partial charge on any atom is 0.123 e. The fraction of sp³-hybridized carbons (Fsp3) is 0.0667. The van der Waals surface area contributed by atoms with Gasteiger partial charge < -0.3 is 5.11 Å². The van der Waals surface area contributed by atoms with Crippen LogP contribution >= 0.6 is 0 Å². The highest BCUT2D eigenvalue weighted by Gasteiger charge is 2.15. The van der Waals surface area contributed by atoms with Gasteiger partial charge in [-0.05, 0) is 48.5 Å². The van der Waals surface area contributed by atoms with Gasteiger partial charge >= 0.3 is 0 Å². The standard InChI is InChI=1S/C15H11F2N3O/c16-11-3-1-10(2-4-11)15-14(9-21)18-19-20(15)13-7-5-12(17)6-8-13/h1-8,21H,9H2. The minimum Gasteiger partial charge on any atom is -0.390 e. The third-order valence-corrected chi connectivity index (χ3v) is 3.08. The molecule has 4 nitrogen and oxygen atoms in total. The predicted octanol–water partition coefficient (Wildman–Crippen LogP) is 2.70. The van der Waals surface area contributed by atoms with Crippen LogP contribution in [0, 0.1) is 11.6 Å². The topological polar surface area (TPSA) is 50.9 Å². The van der Waals surface area contributed by atoms with Crippen molar-refractivity contribution in [3.8, 4) is 16.9 Å². The third-order valence-electron chi connectivity index (χ3n) is 3.08. The quantitative estimate of drug-likeness (QED) is 0.805. The second-order valence-electron chi connectivity index (χ2n) is 4.44.